The summed E-state index contributed by atoms with van der Waals surface area (Å²) in [7, 11) is 0. The van der Waals surface area contributed by atoms with Crippen molar-refractivity contribution in [3.05, 3.63) is 23.5 Å². The van der Waals surface area contributed by atoms with E-state index >= 15 is 0 Å². The molecule has 0 atom stereocenters. The Bertz CT molecular complexity index is 240. The van der Waals surface area contributed by atoms with Crippen LogP contribution in [0, 0.1) is 0 Å². The van der Waals surface area contributed by atoms with Gasteiger partial charge < -0.3 is 10.7 Å². The first-order valence-corrected chi connectivity index (χ1v) is 3.12. The molecule has 0 bridgehead atoms. The molecule has 1 aromatic heterocycles. The number of Topliss-reactive ketones (excluding diaryl/α,β-unsaturated/α-hetero) is 1. The molecule has 3 nitrogen and oxygen atoms in total. The Hall–Kier alpha value is -1.09. The van der Waals surface area contributed by atoms with Crippen molar-refractivity contribution in [3.8, 4) is 0 Å². The van der Waals surface area contributed by atoms with Gasteiger partial charge in [-0.2, -0.15) is 0 Å². The molecule has 0 fully saturated rings. The van der Waals surface area contributed by atoms with Crippen LogP contribution in [0.25, 0.3) is 0 Å². The minimum absolute atomic E-state index is 0.0657. The quantitative estimate of drug-likeness (QED) is 0.590. The van der Waals surface area contributed by atoms with E-state index in [2.05, 4.69) is 4.98 Å². The molecule has 1 rings (SSSR count). The maximum absolute atomic E-state index is 10.7. The summed E-state index contributed by atoms with van der Waals surface area (Å²) in [6, 6.07) is 1.77. The normalized spacial score (nSPS) is 9.80. The maximum atomic E-state index is 10.7. The van der Waals surface area contributed by atoms with Crippen LogP contribution in [0.4, 0.5) is 0 Å². The molecule has 0 radical (unpaired) electrons. The first kappa shape index (κ1) is 7.02. The van der Waals surface area contributed by atoms with Crippen LogP contribution in [0.15, 0.2) is 12.3 Å². The molecule has 10 heavy (non-hydrogen) atoms. The van der Waals surface area contributed by atoms with E-state index in [-0.39, 0.29) is 5.78 Å². The third-order valence-electron chi connectivity index (χ3n) is 1.37. The van der Waals surface area contributed by atoms with Crippen LogP contribution >= 0.6 is 0 Å². The Morgan fingerprint density at radius 1 is 1.80 bits per heavy atom. The van der Waals surface area contributed by atoms with Gasteiger partial charge in [0.2, 0.25) is 0 Å². The van der Waals surface area contributed by atoms with E-state index in [0.717, 1.165) is 5.69 Å². The van der Waals surface area contributed by atoms with E-state index in [9.17, 15) is 4.79 Å². The van der Waals surface area contributed by atoms with Crippen molar-refractivity contribution < 1.29 is 4.79 Å². The lowest BCUT2D eigenvalue weighted by atomic mass is 10.2. The van der Waals surface area contributed by atoms with Crippen LogP contribution in [0.3, 0.4) is 0 Å². The second kappa shape index (κ2) is 2.66. The van der Waals surface area contributed by atoms with Gasteiger partial charge in [-0.1, -0.05) is 0 Å². The minimum atomic E-state index is 0.0657. The SMILES string of the molecule is CC(=O)c1c[nH]c(CN)c1. The molecule has 0 aromatic carbocycles. The Morgan fingerprint density at radius 2 is 2.50 bits per heavy atom. The molecule has 54 valence electrons. The number of nitrogens with two attached hydrogens (primary N) is 1. The van der Waals surface area contributed by atoms with Gasteiger partial charge >= 0.3 is 0 Å². The highest BCUT2D eigenvalue weighted by atomic mass is 16.1. The molecule has 1 aromatic rings. The highest BCUT2D eigenvalue weighted by Crippen LogP contribution is 2.02. The van der Waals surface area contributed by atoms with Gasteiger partial charge in [-0.15, -0.1) is 0 Å². The van der Waals surface area contributed by atoms with Gasteiger partial charge in [-0.3, -0.25) is 4.79 Å². The van der Waals surface area contributed by atoms with Crippen molar-refractivity contribution in [2.75, 3.05) is 0 Å². The smallest absolute Gasteiger partial charge is 0.161 e. The van der Waals surface area contributed by atoms with E-state index in [1.807, 2.05) is 0 Å². The number of nitrogens with one attached hydrogen (secondary N) is 1. The zero-order chi connectivity index (χ0) is 7.56. The average Bonchev–Trinajstić information content (AvgIpc) is 2.34. The van der Waals surface area contributed by atoms with Crippen LogP contribution in [-0.2, 0) is 6.54 Å². The third-order valence-corrected chi connectivity index (χ3v) is 1.37. The zero-order valence-corrected chi connectivity index (χ0v) is 5.85. The van der Waals surface area contributed by atoms with Crippen LogP contribution in [0.5, 0.6) is 0 Å². The minimum Gasteiger partial charge on any atom is -0.363 e. The first-order chi connectivity index (χ1) is 4.74. The molecule has 0 saturated heterocycles. The highest BCUT2D eigenvalue weighted by Gasteiger charge is 2.00. The largest absolute Gasteiger partial charge is 0.363 e. The second-order valence-corrected chi connectivity index (χ2v) is 2.17. The Morgan fingerprint density at radius 3 is 2.80 bits per heavy atom. The van der Waals surface area contributed by atoms with Gasteiger partial charge in [0.25, 0.3) is 0 Å². The molecule has 3 heteroatoms. The number of H-pyrrole nitrogens is 1. The van der Waals surface area contributed by atoms with E-state index in [1.165, 1.54) is 6.92 Å². The van der Waals surface area contributed by atoms with Gasteiger partial charge in [0.1, 0.15) is 0 Å². The number of ketones is 1. The summed E-state index contributed by atoms with van der Waals surface area (Å²) in [6.07, 6.45) is 1.67. The lowest BCUT2D eigenvalue weighted by Gasteiger charge is -1.84. The average molecular weight is 138 g/mol. The summed E-state index contributed by atoms with van der Waals surface area (Å²) >= 11 is 0. The van der Waals surface area contributed by atoms with E-state index in [4.69, 9.17) is 5.73 Å². The molecule has 0 amide bonds. The van der Waals surface area contributed by atoms with Crippen molar-refractivity contribution in [1.29, 1.82) is 0 Å². The predicted molar refractivity (Wildman–Crippen MR) is 38.7 cm³/mol. The van der Waals surface area contributed by atoms with Gasteiger partial charge in [0, 0.05) is 24.0 Å². The predicted octanol–water partition coefficient (Wildman–Crippen LogP) is 0.676. The lowest BCUT2D eigenvalue weighted by molar-refractivity contribution is 0.101. The van der Waals surface area contributed by atoms with Crippen molar-refractivity contribution in [1.82, 2.24) is 4.98 Å². The number of rotatable bonds is 2. The molecule has 0 unspecified atom stereocenters. The number of aromatic nitrogens is 1. The molecule has 0 aliphatic rings. The second-order valence-electron chi connectivity index (χ2n) is 2.17. The summed E-state index contributed by atoms with van der Waals surface area (Å²) in [5.41, 5.74) is 6.91. The Balaban J connectivity index is 2.88. The highest BCUT2D eigenvalue weighted by molar-refractivity contribution is 5.94. The van der Waals surface area contributed by atoms with Gasteiger partial charge in [-0.25, -0.2) is 0 Å². The number of hydrogen-bond donors (Lipinski definition) is 2. The molecular weight excluding hydrogens is 128 g/mol. The number of carbonyl (C=O) groups excluding carboxylic acids is 1. The number of aromatic amines is 1. The topological polar surface area (TPSA) is 58.9 Å². The molecule has 0 aliphatic heterocycles. The summed E-state index contributed by atoms with van der Waals surface area (Å²) < 4.78 is 0. The molecule has 3 N–H and O–H groups in total. The summed E-state index contributed by atoms with van der Waals surface area (Å²) in [5.74, 6) is 0.0657. The third kappa shape index (κ3) is 1.25. The van der Waals surface area contributed by atoms with Crippen LogP contribution < -0.4 is 5.73 Å². The summed E-state index contributed by atoms with van der Waals surface area (Å²) in [6.45, 7) is 1.98. The Kier molecular flexibility index (Phi) is 1.87. The molecular formula is C7H10N2O. The molecule has 0 aliphatic carbocycles. The van der Waals surface area contributed by atoms with E-state index in [0.29, 0.717) is 12.1 Å². The monoisotopic (exact) mass is 138 g/mol. The maximum Gasteiger partial charge on any atom is 0.161 e. The van der Waals surface area contributed by atoms with Gasteiger partial charge in [0.15, 0.2) is 5.78 Å². The Labute approximate surface area is 59.2 Å². The van der Waals surface area contributed by atoms with E-state index in [1.54, 1.807) is 12.3 Å². The molecule has 0 spiro atoms. The first-order valence-electron chi connectivity index (χ1n) is 3.12. The van der Waals surface area contributed by atoms with Crippen molar-refractivity contribution >= 4 is 5.78 Å². The fourth-order valence-corrected chi connectivity index (χ4v) is 0.763. The van der Waals surface area contributed by atoms with E-state index < -0.39 is 0 Å². The van der Waals surface area contributed by atoms with Crippen molar-refractivity contribution in [3.63, 3.8) is 0 Å². The van der Waals surface area contributed by atoms with Crippen LogP contribution in [-0.4, -0.2) is 10.8 Å². The molecule has 0 saturated carbocycles. The van der Waals surface area contributed by atoms with Gasteiger partial charge in [-0.05, 0) is 13.0 Å². The van der Waals surface area contributed by atoms with Crippen LogP contribution in [0.2, 0.25) is 0 Å². The van der Waals surface area contributed by atoms with Crippen molar-refractivity contribution in [2.24, 2.45) is 5.73 Å². The zero-order valence-electron chi connectivity index (χ0n) is 5.85. The summed E-state index contributed by atoms with van der Waals surface area (Å²) in [4.78, 5) is 13.6. The number of carbonyl (C=O) groups is 1. The molecule has 1 heterocycles. The van der Waals surface area contributed by atoms with Gasteiger partial charge in [0.05, 0.1) is 0 Å². The number of hydrogen-bond acceptors (Lipinski definition) is 2. The fourth-order valence-electron chi connectivity index (χ4n) is 0.763. The standard InChI is InChI=1S/C7H10N2O/c1-5(10)6-2-7(3-8)9-4-6/h2,4,9H,3,8H2,1H3. The fraction of sp³-hybridized carbons (Fsp3) is 0.286. The lowest BCUT2D eigenvalue weighted by Crippen LogP contribution is -1.95. The van der Waals surface area contributed by atoms with Crippen LogP contribution in [0.1, 0.15) is 23.0 Å². The van der Waals surface area contributed by atoms with Crippen molar-refractivity contribution in [2.45, 2.75) is 13.5 Å². The summed E-state index contributed by atoms with van der Waals surface area (Å²) in [5, 5.41) is 0.